The Bertz CT molecular complexity index is 656. The highest BCUT2D eigenvalue weighted by molar-refractivity contribution is 8.18. The molecule has 0 radical (unpaired) electrons. The Morgan fingerprint density at radius 3 is 2.50 bits per heavy atom. The van der Waals surface area contributed by atoms with Crippen LogP contribution in [0, 0.1) is 0 Å². The molecule has 1 atom stereocenters. The lowest BCUT2D eigenvalue weighted by atomic mass is 10.1. The first kappa shape index (κ1) is 18.4. The summed E-state index contributed by atoms with van der Waals surface area (Å²) < 4.78 is 11.1. The lowest BCUT2D eigenvalue weighted by Crippen LogP contribution is -2.36. The summed E-state index contributed by atoms with van der Waals surface area (Å²) in [5.74, 6) is 1.11. The predicted molar refractivity (Wildman–Crippen MR) is 96.3 cm³/mol. The zero-order valence-corrected chi connectivity index (χ0v) is 15.3. The first-order chi connectivity index (χ1) is 11.5. The van der Waals surface area contributed by atoms with Gasteiger partial charge in [-0.3, -0.25) is 14.5 Å². The van der Waals surface area contributed by atoms with E-state index in [4.69, 9.17) is 9.47 Å². The number of carbonyl (C=O) groups is 2. The summed E-state index contributed by atoms with van der Waals surface area (Å²) in [6.45, 7) is 8.72. The lowest BCUT2D eigenvalue weighted by Gasteiger charge is -2.19. The fourth-order valence-corrected chi connectivity index (χ4v) is 3.28. The number of carbonyl (C=O) groups excluding carboxylic acids is 2. The van der Waals surface area contributed by atoms with Crippen LogP contribution in [0.3, 0.4) is 0 Å². The molecule has 0 N–H and O–H groups in total. The standard InChI is InChI=1S/C18H23NO4S/c1-5-12(4)19-17(20)16(24-18(19)21)10-13-8-9-14(22-6-2)11-15(13)23-7-3/h8-12H,5-7H2,1-4H3/b16-10-. The zero-order chi connectivity index (χ0) is 17.7. The van der Waals surface area contributed by atoms with Crippen molar-refractivity contribution >= 4 is 29.0 Å². The van der Waals surface area contributed by atoms with Gasteiger partial charge in [-0.05, 0) is 57.2 Å². The monoisotopic (exact) mass is 349 g/mol. The van der Waals surface area contributed by atoms with E-state index in [1.807, 2.05) is 39.8 Å². The first-order valence-electron chi connectivity index (χ1n) is 8.18. The highest BCUT2D eigenvalue weighted by Gasteiger charge is 2.37. The third-order valence-electron chi connectivity index (χ3n) is 3.74. The summed E-state index contributed by atoms with van der Waals surface area (Å²) in [6, 6.07) is 5.37. The Hall–Kier alpha value is -1.95. The number of imide groups is 1. The molecule has 0 aliphatic carbocycles. The number of rotatable bonds is 7. The fraction of sp³-hybridized carbons (Fsp3) is 0.444. The van der Waals surface area contributed by atoms with E-state index in [2.05, 4.69) is 0 Å². The largest absolute Gasteiger partial charge is 0.494 e. The van der Waals surface area contributed by atoms with Crippen LogP contribution in [-0.2, 0) is 4.79 Å². The van der Waals surface area contributed by atoms with Crippen molar-refractivity contribution in [3.8, 4) is 11.5 Å². The van der Waals surface area contributed by atoms with Gasteiger partial charge in [-0.25, -0.2) is 0 Å². The number of hydrogen-bond acceptors (Lipinski definition) is 5. The third-order valence-corrected chi connectivity index (χ3v) is 4.62. The van der Waals surface area contributed by atoms with Gasteiger partial charge in [-0.2, -0.15) is 0 Å². The van der Waals surface area contributed by atoms with Crippen LogP contribution in [0.15, 0.2) is 23.1 Å². The Labute approximate surface area is 147 Å². The van der Waals surface area contributed by atoms with Crippen LogP contribution < -0.4 is 9.47 Å². The topological polar surface area (TPSA) is 55.8 Å². The second-order valence-corrected chi connectivity index (χ2v) is 6.37. The third kappa shape index (κ3) is 3.93. The van der Waals surface area contributed by atoms with Gasteiger partial charge in [-0.1, -0.05) is 6.92 Å². The second kappa shape index (κ2) is 8.24. The van der Waals surface area contributed by atoms with Gasteiger partial charge < -0.3 is 9.47 Å². The number of ether oxygens (including phenoxy) is 2. The number of amides is 2. The lowest BCUT2D eigenvalue weighted by molar-refractivity contribution is -0.124. The normalized spacial score (nSPS) is 17.5. The quantitative estimate of drug-likeness (QED) is 0.686. The smallest absolute Gasteiger partial charge is 0.293 e. The van der Waals surface area contributed by atoms with E-state index in [0.29, 0.717) is 29.6 Å². The number of nitrogens with zero attached hydrogens (tertiary/aromatic N) is 1. The molecule has 2 amide bonds. The Morgan fingerprint density at radius 2 is 1.88 bits per heavy atom. The SMILES string of the molecule is CCOc1ccc(/C=C2\SC(=O)N(C(C)CC)C2=O)c(OCC)c1. The minimum atomic E-state index is -0.240. The Morgan fingerprint density at radius 1 is 1.17 bits per heavy atom. The van der Waals surface area contributed by atoms with Crippen molar-refractivity contribution in [2.75, 3.05) is 13.2 Å². The van der Waals surface area contributed by atoms with Gasteiger partial charge in [0.15, 0.2) is 0 Å². The van der Waals surface area contributed by atoms with Crippen LogP contribution in [0.5, 0.6) is 11.5 Å². The minimum Gasteiger partial charge on any atom is -0.494 e. The predicted octanol–water partition coefficient (Wildman–Crippen LogP) is 4.32. The van der Waals surface area contributed by atoms with Crippen molar-refractivity contribution in [3.63, 3.8) is 0 Å². The summed E-state index contributed by atoms with van der Waals surface area (Å²) in [5, 5.41) is -0.218. The van der Waals surface area contributed by atoms with Crippen LogP contribution in [0.25, 0.3) is 6.08 Å². The van der Waals surface area contributed by atoms with Crippen LogP contribution in [0.4, 0.5) is 4.79 Å². The zero-order valence-electron chi connectivity index (χ0n) is 14.5. The van der Waals surface area contributed by atoms with Crippen LogP contribution in [0.1, 0.15) is 39.7 Å². The molecule has 1 aliphatic rings. The second-order valence-electron chi connectivity index (χ2n) is 5.37. The van der Waals surface area contributed by atoms with Crippen LogP contribution >= 0.6 is 11.8 Å². The molecule has 0 aromatic heterocycles. The molecule has 1 saturated heterocycles. The van der Waals surface area contributed by atoms with E-state index < -0.39 is 0 Å². The first-order valence-corrected chi connectivity index (χ1v) is 9.00. The number of benzene rings is 1. The number of thioether (sulfide) groups is 1. The molecule has 1 aromatic carbocycles. The summed E-state index contributed by atoms with van der Waals surface area (Å²) in [7, 11) is 0. The van der Waals surface area contributed by atoms with E-state index >= 15 is 0 Å². The molecule has 0 bridgehead atoms. The van der Waals surface area contributed by atoms with E-state index in [-0.39, 0.29) is 17.2 Å². The van der Waals surface area contributed by atoms with Crippen molar-refractivity contribution in [1.82, 2.24) is 4.90 Å². The van der Waals surface area contributed by atoms with Crippen molar-refractivity contribution in [1.29, 1.82) is 0 Å². The molecule has 24 heavy (non-hydrogen) atoms. The van der Waals surface area contributed by atoms with E-state index in [1.54, 1.807) is 12.1 Å². The molecule has 1 unspecified atom stereocenters. The fourth-order valence-electron chi connectivity index (χ4n) is 2.35. The molecule has 1 aromatic rings. The molecule has 130 valence electrons. The van der Waals surface area contributed by atoms with Gasteiger partial charge in [0.2, 0.25) is 0 Å². The van der Waals surface area contributed by atoms with Gasteiger partial charge in [0.05, 0.1) is 18.1 Å². The molecule has 1 fully saturated rings. The van der Waals surface area contributed by atoms with E-state index in [9.17, 15) is 9.59 Å². The van der Waals surface area contributed by atoms with Gasteiger partial charge >= 0.3 is 0 Å². The molecule has 2 rings (SSSR count). The highest BCUT2D eigenvalue weighted by Crippen LogP contribution is 2.36. The van der Waals surface area contributed by atoms with Gasteiger partial charge in [-0.15, -0.1) is 0 Å². The van der Waals surface area contributed by atoms with Gasteiger partial charge in [0.1, 0.15) is 11.5 Å². The summed E-state index contributed by atoms with van der Waals surface area (Å²) in [4.78, 5) is 26.4. The molecular weight excluding hydrogens is 326 g/mol. The van der Waals surface area contributed by atoms with E-state index in [1.165, 1.54) is 4.90 Å². The molecule has 5 nitrogen and oxygen atoms in total. The van der Waals surface area contributed by atoms with Crippen LogP contribution in [-0.4, -0.2) is 35.3 Å². The maximum Gasteiger partial charge on any atom is 0.293 e. The Kier molecular flexibility index (Phi) is 6.31. The molecule has 6 heteroatoms. The molecule has 0 saturated carbocycles. The van der Waals surface area contributed by atoms with Gasteiger partial charge in [0, 0.05) is 17.7 Å². The van der Waals surface area contributed by atoms with Crippen LogP contribution in [0.2, 0.25) is 0 Å². The van der Waals surface area contributed by atoms with Crippen molar-refractivity contribution in [3.05, 3.63) is 28.7 Å². The maximum atomic E-state index is 12.5. The average Bonchev–Trinajstić information content (AvgIpc) is 2.83. The summed E-state index contributed by atoms with van der Waals surface area (Å²) >= 11 is 0.973. The van der Waals surface area contributed by atoms with Crippen molar-refractivity contribution in [2.24, 2.45) is 0 Å². The molecule has 0 spiro atoms. The minimum absolute atomic E-state index is 0.102. The summed E-state index contributed by atoms with van der Waals surface area (Å²) in [5.41, 5.74) is 0.759. The highest BCUT2D eigenvalue weighted by atomic mass is 32.2. The number of hydrogen-bond donors (Lipinski definition) is 0. The van der Waals surface area contributed by atoms with Crippen molar-refractivity contribution in [2.45, 2.75) is 40.2 Å². The molecule has 1 heterocycles. The Balaban J connectivity index is 2.33. The summed E-state index contributed by atoms with van der Waals surface area (Å²) in [6.07, 6.45) is 2.45. The van der Waals surface area contributed by atoms with E-state index in [0.717, 1.165) is 23.7 Å². The van der Waals surface area contributed by atoms with Crippen molar-refractivity contribution < 1.29 is 19.1 Å². The maximum absolute atomic E-state index is 12.5. The average molecular weight is 349 g/mol. The van der Waals surface area contributed by atoms with Gasteiger partial charge in [0.25, 0.3) is 11.1 Å². The molecular formula is C18H23NO4S. The molecule has 1 aliphatic heterocycles.